The molecule has 31 heavy (non-hydrogen) atoms. The van der Waals surface area contributed by atoms with Crippen LogP contribution in [-0.4, -0.2) is 43.1 Å². The predicted molar refractivity (Wildman–Crippen MR) is 122 cm³/mol. The maximum atomic E-state index is 13.5. The molecule has 8 heteroatoms. The van der Waals surface area contributed by atoms with E-state index in [4.69, 9.17) is 16.6 Å². The van der Waals surface area contributed by atoms with E-state index < -0.39 is 0 Å². The van der Waals surface area contributed by atoms with Gasteiger partial charge in [-0.25, -0.2) is 4.98 Å². The highest BCUT2D eigenvalue weighted by molar-refractivity contribution is 6.30. The zero-order valence-corrected chi connectivity index (χ0v) is 19.3. The number of halogens is 1. The smallest absolute Gasteiger partial charge is 0.274 e. The SMILES string of the molecule is Cc1nn(C)cc1[C@@H](C)NCc1c(C(=O)N2CCCCCCC2)nc2ccc(Cl)cn12. The molecule has 4 rings (SSSR count). The Morgan fingerprint density at radius 3 is 2.55 bits per heavy atom. The minimum atomic E-state index is 0.0173. The van der Waals surface area contributed by atoms with Crippen LogP contribution in [0.15, 0.2) is 24.5 Å². The summed E-state index contributed by atoms with van der Waals surface area (Å²) in [5, 5.41) is 8.62. The van der Waals surface area contributed by atoms with Gasteiger partial charge in [0.2, 0.25) is 0 Å². The fraction of sp³-hybridized carbons (Fsp3) is 0.522. The van der Waals surface area contributed by atoms with Crippen molar-refractivity contribution in [2.24, 2.45) is 7.05 Å². The van der Waals surface area contributed by atoms with E-state index in [1.165, 1.54) is 19.3 Å². The molecule has 3 aromatic heterocycles. The molecule has 0 unspecified atom stereocenters. The molecule has 1 amide bonds. The summed E-state index contributed by atoms with van der Waals surface area (Å²) in [7, 11) is 1.93. The third-order valence-electron chi connectivity index (χ3n) is 6.12. The van der Waals surface area contributed by atoms with E-state index >= 15 is 0 Å². The standard InChI is InChI=1S/C23H31ClN6O/c1-16(19-15-28(3)27-17(19)2)25-13-20-22(26-21-10-9-18(24)14-30(20)21)23(31)29-11-7-5-4-6-8-12-29/h9-10,14-16,25H,4-8,11-13H2,1-3H3/t16-/m1/s1. The maximum absolute atomic E-state index is 13.5. The molecule has 1 N–H and O–H groups in total. The fourth-order valence-corrected chi connectivity index (χ4v) is 4.57. The molecule has 0 aromatic carbocycles. The van der Waals surface area contributed by atoms with E-state index in [0.717, 1.165) is 48.5 Å². The molecular formula is C23H31ClN6O. The summed E-state index contributed by atoms with van der Waals surface area (Å²) in [6.07, 6.45) is 9.60. The Labute approximate surface area is 188 Å². The molecule has 3 aromatic rings. The number of carbonyl (C=O) groups excluding carboxylic acids is 1. The molecule has 0 bridgehead atoms. The van der Waals surface area contributed by atoms with Crippen LogP contribution in [0, 0.1) is 6.92 Å². The van der Waals surface area contributed by atoms with Crippen LogP contribution in [0.5, 0.6) is 0 Å². The molecular weight excluding hydrogens is 412 g/mol. The van der Waals surface area contributed by atoms with Crippen molar-refractivity contribution in [1.29, 1.82) is 0 Å². The lowest BCUT2D eigenvalue weighted by atomic mass is 10.1. The molecule has 1 aliphatic rings. The van der Waals surface area contributed by atoms with Gasteiger partial charge in [-0.05, 0) is 38.8 Å². The van der Waals surface area contributed by atoms with Crippen LogP contribution in [0.1, 0.15) is 72.5 Å². The minimum Gasteiger partial charge on any atom is -0.337 e. The van der Waals surface area contributed by atoms with Gasteiger partial charge in [0, 0.05) is 50.7 Å². The first-order chi connectivity index (χ1) is 14.9. The molecule has 166 valence electrons. The Morgan fingerprint density at radius 1 is 1.16 bits per heavy atom. The number of aromatic nitrogens is 4. The number of carbonyl (C=O) groups is 1. The second-order valence-electron chi connectivity index (χ2n) is 8.49. The number of amides is 1. The van der Waals surface area contributed by atoms with Crippen molar-refractivity contribution >= 4 is 23.2 Å². The van der Waals surface area contributed by atoms with Gasteiger partial charge >= 0.3 is 0 Å². The molecule has 0 saturated carbocycles. The number of aryl methyl sites for hydroxylation is 2. The molecule has 0 radical (unpaired) electrons. The number of hydrogen-bond acceptors (Lipinski definition) is 4. The Kier molecular flexibility index (Phi) is 6.62. The monoisotopic (exact) mass is 442 g/mol. The summed E-state index contributed by atoms with van der Waals surface area (Å²) >= 11 is 6.27. The van der Waals surface area contributed by atoms with Crippen molar-refractivity contribution in [3.05, 3.63) is 52.2 Å². The first-order valence-electron chi connectivity index (χ1n) is 11.1. The maximum Gasteiger partial charge on any atom is 0.274 e. The second-order valence-corrected chi connectivity index (χ2v) is 8.93. The van der Waals surface area contributed by atoms with Gasteiger partial charge in [-0.2, -0.15) is 5.10 Å². The quantitative estimate of drug-likeness (QED) is 0.640. The summed E-state index contributed by atoms with van der Waals surface area (Å²) in [6, 6.07) is 3.76. The third kappa shape index (κ3) is 4.77. The summed E-state index contributed by atoms with van der Waals surface area (Å²) in [5.41, 5.74) is 4.25. The molecule has 0 spiro atoms. The number of nitrogens with one attached hydrogen (secondary N) is 1. The molecule has 7 nitrogen and oxygen atoms in total. The number of pyridine rings is 1. The van der Waals surface area contributed by atoms with Gasteiger partial charge in [0.1, 0.15) is 5.65 Å². The number of imidazole rings is 1. The van der Waals surface area contributed by atoms with Gasteiger partial charge in [0.25, 0.3) is 5.91 Å². The van der Waals surface area contributed by atoms with Crippen LogP contribution in [0.4, 0.5) is 0 Å². The van der Waals surface area contributed by atoms with Crippen molar-refractivity contribution in [3.8, 4) is 0 Å². The summed E-state index contributed by atoms with van der Waals surface area (Å²) in [4.78, 5) is 20.2. The normalized spacial score (nSPS) is 16.3. The average molecular weight is 443 g/mol. The van der Waals surface area contributed by atoms with E-state index in [0.29, 0.717) is 17.3 Å². The Morgan fingerprint density at radius 2 is 1.87 bits per heavy atom. The summed E-state index contributed by atoms with van der Waals surface area (Å²) < 4.78 is 3.77. The van der Waals surface area contributed by atoms with Crippen LogP contribution < -0.4 is 5.32 Å². The minimum absolute atomic E-state index is 0.0173. The van der Waals surface area contributed by atoms with Crippen LogP contribution >= 0.6 is 11.6 Å². The Balaban J connectivity index is 1.63. The number of hydrogen-bond donors (Lipinski definition) is 1. The van der Waals surface area contributed by atoms with Crippen molar-refractivity contribution in [2.75, 3.05) is 13.1 Å². The third-order valence-corrected chi connectivity index (χ3v) is 6.34. The highest BCUT2D eigenvalue weighted by Gasteiger charge is 2.25. The first-order valence-corrected chi connectivity index (χ1v) is 11.5. The van der Waals surface area contributed by atoms with Gasteiger partial charge in [-0.1, -0.05) is 30.9 Å². The largest absolute Gasteiger partial charge is 0.337 e. The van der Waals surface area contributed by atoms with E-state index in [2.05, 4.69) is 17.3 Å². The van der Waals surface area contributed by atoms with Crippen molar-refractivity contribution in [3.63, 3.8) is 0 Å². The number of nitrogens with zero attached hydrogens (tertiary/aromatic N) is 5. The van der Waals surface area contributed by atoms with E-state index in [1.54, 1.807) is 0 Å². The van der Waals surface area contributed by atoms with Crippen LogP contribution in [-0.2, 0) is 13.6 Å². The van der Waals surface area contributed by atoms with Crippen LogP contribution in [0.25, 0.3) is 5.65 Å². The molecule has 1 saturated heterocycles. The van der Waals surface area contributed by atoms with E-state index in [9.17, 15) is 4.79 Å². The zero-order valence-electron chi connectivity index (χ0n) is 18.6. The molecule has 1 aliphatic heterocycles. The van der Waals surface area contributed by atoms with Crippen molar-refractivity contribution in [2.45, 2.75) is 58.5 Å². The van der Waals surface area contributed by atoms with Gasteiger partial charge in [-0.15, -0.1) is 0 Å². The van der Waals surface area contributed by atoms with E-state index in [1.807, 2.05) is 52.5 Å². The number of rotatable bonds is 5. The van der Waals surface area contributed by atoms with Gasteiger partial charge < -0.3 is 14.6 Å². The van der Waals surface area contributed by atoms with E-state index in [-0.39, 0.29) is 11.9 Å². The second kappa shape index (κ2) is 9.40. The molecule has 1 atom stereocenters. The summed E-state index contributed by atoms with van der Waals surface area (Å²) in [5.74, 6) is 0.0173. The van der Waals surface area contributed by atoms with Gasteiger partial charge in [0.15, 0.2) is 5.69 Å². The first kappa shape index (κ1) is 21.8. The van der Waals surface area contributed by atoms with Crippen LogP contribution in [0.2, 0.25) is 5.02 Å². The molecule has 1 fully saturated rings. The van der Waals surface area contributed by atoms with Crippen LogP contribution in [0.3, 0.4) is 0 Å². The van der Waals surface area contributed by atoms with Crippen molar-refractivity contribution in [1.82, 2.24) is 29.4 Å². The topological polar surface area (TPSA) is 67.5 Å². The fourth-order valence-electron chi connectivity index (χ4n) is 4.41. The van der Waals surface area contributed by atoms with Gasteiger partial charge in [0.05, 0.1) is 16.4 Å². The lowest BCUT2D eigenvalue weighted by molar-refractivity contribution is 0.0735. The zero-order chi connectivity index (χ0) is 22.0. The number of fused-ring (bicyclic) bond motifs is 1. The highest BCUT2D eigenvalue weighted by Crippen LogP contribution is 2.22. The summed E-state index contributed by atoms with van der Waals surface area (Å²) in [6.45, 7) is 6.22. The Bertz CT molecular complexity index is 1060. The Hall–Kier alpha value is -2.38. The van der Waals surface area contributed by atoms with Crippen molar-refractivity contribution < 1.29 is 4.79 Å². The number of likely N-dealkylation sites (tertiary alicyclic amines) is 1. The average Bonchev–Trinajstić information content (AvgIpc) is 3.24. The lowest BCUT2D eigenvalue weighted by Gasteiger charge is -2.24. The predicted octanol–water partition coefficient (Wildman–Crippen LogP) is 4.29. The van der Waals surface area contributed by atoms with Gasteiger partial charge in [-0.3, -0.25) is 9.48 Å². The molecule has 0 aliphatic carbocycles. The highest BCUT2D eigenvalue weighted by atomic mass is 35.5. The lowest BCUT2D eigenvalue weighted by Crippen LogP contribution is -2.35. The molecule has 4 heterocycles.